The SMILES string of the molecule is C=CC(=O)CC(=O)c1ccc(OS(=O)(=O)C(F)(F)C(F)(F)C(F)(F)S(=O)(=O)O)cc1. The molecule has 0 amide bonds. The highest BCUT2D eigenvalue weighted by molar-refractivity contribution is 7.88. The lowest BCUT2D eigenvalue weighted by molar-refractivity contribution is -0.247. The molecule has 0 aliphatic rings. The standard InChI is InChI=1S/C14H10F6O8S2/c1-2-9(21)7-11(22)8-3-5-10(6-4-8)28-30(26,27)14(19,20)12(15,16)13(17,18)29(23,24)25/h2-6H,1,7H2,(H,23,24,25). The minimum absolute atomic E-state index is 0.259. The fourth-order valence-electron chi connectivity index (χ4n) is 1.70. The lowest BCUT2D eigenvalue weighted by Crippen LogP contribution is -2.61. The van der Waals surface area contributed by atoms with E-state index >= 15 is 0 Å². The van der Waals surface area contributed by atoms with Crippen molar-refractivity contribution in [2.24, 2.45) is 0 Å². The van der Waals surface area contributed by atoms with Gasteiger partial charge in [0, 0.05) is 5.56 Å². The van der Waals surface area contributed by atoms with Gasteiger partial charge in [-0.2, -0.15) is 43.2 Å². The van der Waals surface area contributed by atoms with Gasteiger partial charge >= 0.3 is 36.7 Å². The molecule has 1 N–H and O–H groups in total. The number of rotatable bonds is 10. The average Bonchev–Trinajstić information content (AvgIpc) is 2.60. The molecule has 1 aromatic carbocycles. The lowest BCUT2D eigenvalue weighted by Gasteiger charge is -2.29. The Morgan fingerprint density at radius 1 is 0.967 bits per heavy atom. The second-order valence-corrected chi connectivity index (χ2v) is 8.47. The van der Waals surface area contributed by atoms with Crippen molar-refractivity contribution in [3.8, 4) is 5.75 Å². The van der Waals surface area contributed by atoms with E-state index < -0.39 is 60.4 Å². The van der Waals surface area contributed by atoms with Gasteiger partial charge in [-0.1, -0.05) is 6.58 Å². The molecule has 30 heavy (non-hydrogen) atoms. The van der Waals surface area contributed by atoms with Gasteiger partial charge in [-0.15, -0.1) is 0 Å². The van der Waals surface area contributed by atoms with Crippen molar-refractivity contribution >= 4 is 31.8 Å². The van der Waals surface area contributed by atoms with Crippen molar-refractivity contribution in [1.29, 1.82) is 0 Å². The fourth-order valence-corrected chi connectivity index (χ4v) is 3.12. The molecule has 0 unspecified atom stereocenters. The highest BCUT2D eigenvalue weighted by atomic mass is 32.2. The Hall–Kier alpha value is -2.46. The number of carbonyl (C=O) groups is 2. The smallest absolute Gasteiger partial charge is 0.378 e. The van der Waals surface area contributed by atoms with Gasteiger partial charge in [0.1, 0.15) is 5.75 Å². The summed E-state index contributed by atoms with van der Waals surface area (Å²) in [6.07, 6.45) is 0.170. The molecule has 0 atom stereocenters. The number of carbonyl (C=O) groups excluding carboxylic acids is 2. The zero-order valence-electron chi connectivity index (χ0n) is 14.2. The molecule has 1 aromatic rings. The van der Waals surface area contributed by atoms with Crippen LogP contribution in [0, 0.1) is 0 Å². The van der Waals surface area contributed by atoms with E-state index in [0.717, 1.165) is 18.2 Å². The van der Waals surface area contributed by atoms with Crippen LogP contribution < -0.4 is 4.18 Å². The average molecular weight is 484 g/mol. The first-order valence-electron chi connectivity index (χ1n) is 7.15. The Morgan fingerprint density at radius 3 is 1.83 bits per heavy atom. The van der Waals surface area contributed by atoms with E-state index in [0.29, 0.717) is 12.1 Å². The van der Waals surface area contributed by atoms with Gasteiger partial charge in [0.15, 0.2) is 11.6 Å². The van der Waals surface area contributed by atoms with E-state index in [1.165, 1.54) is 0 Å². The van der Waals surface area contributed by atoms with Gasteiger partial charge in [-0.25, -0.2) is 0 Å². The predicted molar refractivity (Wildman–Crippen MR) is 86.5 cm³/mol. The number of alkyl halides is 6. The van der Waals surface area contributed by atoms with Crippen LogP contribution in [0.25, 0.3) is 0 Å². The van der Waals surface area contributed by atoms with Crippen LogP contribution in [0.4, 0.5) is 26.3 Å². The van der Waals surface area contributed by atoms with Crippen LogP contribution in [-0.2, 0) is 25.0 Å². The van der Waals surface area contributed by atoms with Crippen molar-refractivity contribution in [2.75, 3.05) is 0 Å². The Balaban J connectivity index is 3.23. The number of Topliss-reactive ketones (excluding diaryl/α,β-unsaturated/α-hetero) is 1. The largest absolute Gasteiger partial charge is 0.450 e. The number of ketones is 2. The van der Waals surface area contributed by atoms with E-state index in [2.05, 4.69) is 10.8 Å². The molecule has 0 aliphatic carbocycles. The third-order valence-electron chi connectivity index (χ3n) is 3.31. The van der Waals surface area contributed by atoms with Gasteiger partial charge < -0.3 is 4.18 Å². The molecule has 0 fully saturated rings. The van der Waals surface area contributed by atoms with Gasteiger partial charge in [0.25, 0.3) is 0 Å². The van der Waals surface area contributed by atoms with Crippen molar-refractivity contribution in [3.63, 3.8) is 0 Å². The van der Waals surface area contributed by atoms with E-state index in [1.807, 2.05) is 0 Å². The number of benzene rings is 1. The van der Waals surface area contributed by atoms with Crippen molar-refractivity contribution in [1.82, 2.24) is 0 Å². The molecule has 16 heteroatoms. The molecule has 0 aliphatic heterocycles. The second kappa shape index (κ2) is 7.99. The van der Waals surface area contributed by atoms with Crippen LogP contribution in [-0.4, -0.2) is 49.4 Å². The Bertz CT molecular complexity index is 1060. The fraction of sp³-hybridized carbons (Fsp3) is 0.286. The molecule has 0 saturated heterocycles. The van der Waals surface area contributed by atoms with E-state index in [9.17, 15) is 52.8 Å². The predicted octanol–water partition coefficient (Wildman–Crippen LogP) is 2.43. The first kappa shape index (κ1) is 25.6. The zero-order valence-corrected chi connectivity index (χ0v) is 15.8. The maximum absolute atomic E-state index is 13.7. The van der Waals surface area contributed by atoms with Gasteiger partial charge in [-0.3, -0.25) is 14.1 Å². The molecule has 0 spiro atoms. The molecule has 0 radical (unpaired) electrons. The number of halogens is 6. The maximum atomic E-state index is 13.7. The van der Waals surface area contributed by atoms with E-state index in [-0.39, 0.29) is 5.56 Å². The summed E-state index contributed by atoms with van der Waals surface area (Å²) in [6.45, 7) is 3.11. The van der Waals surface area contributed by atoms with Crippen molar-refractivity contribution < 1.29 is 61.5 Å². The van der Waals surface area contributed by atoms with Gasteiger partial charge in [-0.05, 0) is 30.3 Å². The summed E-state index contributed by atoms with van der Waals surface area (Å²) >= 11 is 0. The third-order valence-corrected chi connectivity index (χ3v) is 5.51. The summed E-state index contributed by atoms with van der Waals surface area (Å²) in [5.74, 6) is -9.80. The normalized spacial score (nSPS) is 13.6. The molecular weight excluding hydrogens is 474 g/mol. The van der Waals surface area contributed by atoms with E-state index in [4.69, 9.17) is 4.55 Å². The minimum Gasteiger partial charge on any atom is -0.378 e. The molecule has 1 rings (SSSR count). The lowest BCUT2D eigenvalue weighted by atomic mass is 10.1. The summed E-state index contributed by atoms with van der Waals surface area (Å²) in [4.78, 5) is 22.8. The second-order valence-electron chi connectivity index (χ2n) is 5.42. The molecule has 0 bridgehead atoms. The van der Waals surface area contributed by atoms with Crippen LogP contribution in [0.2, 0.25) is 0 Å². The summed E-state index contributed by atoms with van der Waals surface area (Å²) in [6, 6.07) is 2.48. The monoisotopic (exact) mass is 484 g/mol. The molecule has 0 aromatic heterocycles. The van der Waals surface area contributed by atoms with Crippen molar-refractivity contribution in [2.45, 2.75) is 22.9 Å². The van der Waals surface area contributed by atoms with E-state index in [1.54, 1.807) is 0 Å². The molecular formula is C14H10F6O8S2. The Kier molecular flexibility index (Phi) is 6.81. The highest BCUT2D eigenvalue weighted by Crippen LogP contribution is 2.50. The quantitative estimate of drug-likeness (QED) is 0.134. The Morgan fingerprint density at radius 2 is 1.43 bits per heavy atom. The summed E-state index contributed by atoms with van der Waals surface area (Å²) < 4.78 is 136. The molecule has 8 nitrogen and oxygen atoms in total. The van der Waals surface area contributed by atoms with Gasteiger partial charge in [0.05, 0.1) is 6.42 Å². The highest BCUT2D eigenvalue weighted by Gasteiger charge is 2.83. The maximum Gasteiger partial charge on any atom is 0.450 e. The molecule has 168 valence electrons. The van der Waals surface area contributed by atoms with Crippen LogP contribution >= 0.6 is 0 Å². The molecule has 0 saturated carbocycles. The minimum atomic E-state index is -7.16. The van der Waals surface area contributed by atoms with Crippen LogP contribution in [0.15, 0.2) is 36.9 Å². The van der Waals surface area contributed by atoms with Crippen LogP contribution in [0.5, 0.6) is 5.75 Å². The Labute approximate surface area is 165 Å². The zero-order chi connectivity index (χ0) is 23.8. The first-order chi connectivity index (χ1) is 13.3. The number of hydrogen-bond acceptors (Lipinski definition) is 7. The first-order valence-corrected chi connectivity index (χ1v) is 9.99. The molecule has 0 heterocycles. The number of allylic oxidation sites excluding steroid dienone is 1. The van der Waals surface area contributed by atoms with Crippen LogP contribution in [0.1, 0.15) is 16.8 Å². The number of hydrogen-bond donors (Lipinski definition) is 1. The topological polar surface area (TPSA) is 132 Å². The summed E-state index contributed by atoms with van der Waals surface area (Å²) in [7, 11) is -14.1. The summed E-state index contributed by atoms with van der Waals surface area (Å²) in [5.41, 5.74) is -0.259. The van der Waals surface area contributed by atoms with Crippen molar-refractivity contribution in [3.05, 3.63) is 42.5 Å². The third kappa shape index (κ3) is 4.49. The van der Waals surface area contributed by atoms with Gasteiger partial charge in [0.2, 0.25) is 0 Å². The van der Waals surface area contributed by atoms with Crippen LogP contribution in [0.3, 0.4) is 0 Å². The summed E-state index contributed by atoms with van der Waals surface area (Å²) in [5, 5.41) is -13.7.